The zero-order valence-corrected chi connectivity index (χ0v) is 20.9. The Morgan fingerprint density at radius 2 is 1.81 bits per heavy atom. The summed E-state index contributed by atoms with van der Waals surface area (Å²) in [6.07, 6.45) is 2.14. The van der Waals surface area contributed by atoms with E-state index in [1.165, 1.54) is 33.4 Å². The summed E-state index contributed by atoms with van der Waals surface area (Å²) in [7, 11) is 0. The summed E-state index contributed by atoms with van der Waals surface area (Å²) < 4.78 is 1.73. The lowest BCUT2D eigenvalue weighted by Gasteiger charge is -2.08. The number of rotatable bonds is 7. The molecule has 0 aliphatic heterocycles. The van der Waals surface area contributed by atoms with Crippen molar-refractivity contribution in [1.82, 2.24) is 30.4 Å². The number of tetrazole rings is 1. The number of aromatic nitrogens is 6. The number of aromatic carboxylic acids is 1. The van der Waals surface area contributed by atoms with E-state index in [9.17, 15) is 14.7 Å². The average molecular weight is 530 g/mol. The van der Waals surface area contributed by atoms with E-state index in [0.29, 0.717) is 23.1 Å². The van der Waals surface area contributed by atoms with E-state index in [2.05, 4.69) is 25.6 Å². The SMILES string of the molecule is O=C(O)c1cscc1C(=O)N=c1sc(C2CC2)nn1Cc1ccc(-c2ccccc2-c2nn[nH]n2)cc1. The number of hydrogen-bond acceptors (Lipinski definition) is 8. The maximum absolute atomic E-state index is 12.9. The average Bonchev–Trinajstić information content (AvgIpc) is 3.27. The highest BCUT2D eigenvalue weighted by Crippen LogP contribution is 2.40. The summed E-state index contributed by atoms with van der Waals surface area (Å²) in [4.78, 5) is 29.0. The van der Waals surface area contributed by atoms with Crippen LogP contribution in [0.25, 0.3) is 22.5 Å². The summed E-state index contributed by atoms with van der Waals surface area (Å²) in [5.74, 6) is -0.795. The first kappa shape index (κ1) is 23.1. The number of carboxylic acid groups (broad SMARTS) is 1. The molecule has 6 rings (SSSR count). The van der Waals surface area contributed by atoms with Gasteiger partial charge in [-0.1, -0.05) is 59.9 Å². The maximum Gasteiger partial charge on any atom is 0.337 e. The first-order chi connectivity index (χ1) is 18.1. The minimum Gasteiger partial charge on any atom is -0.478 e. The fourth-order valence-electron chi connectivity index (χ4n) is 3.95. The van der Waals surface area contributed by atoms with Crippen LogP contribution in [0.3, 0.4) is 0 Å². The molecule has 1 saturated carbocycles. The van der Waals surface area contributed by atoms with Crippen LogP contribution in [0.4, 0.5) is 0 Å². The maximum atomic E-state index is 12.9. The van der Waals surface area contributed by atoms with Gasteiger partial charge in [0.1, 0.15) is 5.01 Å². The molecule has 10 nitrogen and oxygen atoms in total. The molecule has 0 atom stereocenters. The third-order valence-electron chi connectivity index (χ3n) is 5.99. The van der Waals surface area contributed by atoms with E-state index in [4.69, 9.17) is 5.10 Å². The monoisotopic (exact) mass is 529 g/mol. The van der Waals surface area contributed by atoms with Crippen molar-refractivity contribution >= 4 is 34.6 Å². The van der Waals surface area contributed by atoms with Crippen molar-refractivity contribution in [3.05, 3.63) is 85.8 Å². The van der Waals surface area contributed by atoms with E-state index in [0.717, 1.165) is 40.1 Å². The molecule has 12 heteroatoms. The second-order valence-electron chi connectivity index (χ2n) is 8.55. The molecule has 2 aromatic carbocycles. The molecular weight excluding hydrogens is 510 g/mol. The van der Waals surface area contributed by atoms with Gasteiger partial charge in [-0.05, 0) is 34.7 Å². The number of hydrogen-bond donors (Lipinski definition) is 2. The minimum atomic E-state index is -1.14. The van der Waals surface area contributed by atoms with Crippen molar-refractivity contribution in [2.24, 2.45) is 4.99 Å². The first-order valence-corrected chi connectivity index (χ1v) is 13.2. The van der Waals surface area contributed by atoms with Crippen LogP contribution in [0.5, 0.6) is 0 Å². The van der Waals surface area contributed by atoms with E-state index in [1.54, 1.807) is 4.68 Å². The second-order valence-corrected chi connectivity index (χ2v) is 10.3. The summed E-state index contributed by atoms with van der Waals surface area (Å²) in [5.41, 5.74) is 3.91. The summed E-state index contributed by atoms with van der Waals surface area (Å²) in [6, 6.07) is 15.9. The molecule has 0 spiro atoms. The van der Waals surface area contributed by atoms with E-state index in [-0.39, 0.29) is 11.1 Å². The number of benzene rings is 2. The Kier molecular flexibility index (Phi) is 6.02. The quantitative estimate of drug-likeness (QED) is 0.322. The largest absolute Gasteiger partial charge is 0.478 e. The molecule has 184 valence electrons. The standard InChI is InChI=1S/C25H19N7O3S2/c33-22(19-12-36-13-20(19)24(34)35)26-25-32(29-23(37-25)16-9-10-16)11-14-5-7-15(8-6-14)17-3-1-2-4-18(17)21-27-30-31-28-21/h1-8,12-13,16H,9-11H2,(H,34,35)(H,27,28,30,31). The molecule has 37 heavy (non-hydrogen) atoms. The molecule has 5 aromatic rings. The highest BCUT2D eigenvalue weighted by atomic mass is 32.1. The Bertz CT molecular complexity index is 1660. The predicted octanol–water partition coefficient (Wildman–Crippen LogP) is 4.22. The fourth-order valence-corrected chi connectivity index (χ4v) is 5.81. The number of carboxylic acids is 1. The molecule has 3 heterocycles. The smallest absolute Gasteiger partial charge is 0.337 e. The molecular formula is C25H19N7O3S2. The van der Waals surface area contributed by atoms with E-state index in [1.807, 2.05) is 48.5 Å². The number of nitrogens with zero attached hydrogens (tertiary/aromatic N) is 6. The van der Waals surface area contributed by atoms with Gasteiger partial charge < -0.3 is 5.11 Å². The number of amides is 1. The molecule has 0 unspecified atom stereocenters. The van der Waals surface area contributed by atoms with Gasteiger partial charge in [-0.2, -0.15) is 26.6 Å². The summed E-state index contributed by atoms with van der Waals surface area (Å²) in [6.45, 7) is 0.428. The van der Waals surface area contributed by atoms with Gasteiger partial charge in [-0.15, -0.1) is 10.2 Å². The van der Waals surface area contributed by atoms with Crippen LogP contribution in [-0.4, -0.2) is 47.4 Å². The van der Waals surface area contributed by atoms with E-state index >= 15 is 0 Å². The van der Waals surface area contributed by atoms with Crippen LogP contribution in [0.2, 0.25) is 0 Å². The summed E-state index contributed by atoms with van der Waals surface area (Å²) in [5, 5.41) is 32.4. The van der Waals surface area contributed by atoms with Crippen molar-refractivity contribution in [3.8, 4) is 22.5 Å². The van der Waals surface area contributed by atoms with Gasteiger partial charge in [0.05, 0.1) is 17.7 Å². The molecule has 3 aromatic heterocycles. The van der Waals surface area contributed by atoms with Gasteiger partial charge in [-0.25, -0.2) is 9.48 Å². The third-order valence-corrected chi connectivity index (χ3v) is 7.85. The van der Waals surface area contributed by atoms with Gasteiger partial charge in [0, 0.05) is 22.2 Å². The second kappa shape index (κ2) is 9.64. The number of thiophene rings is 1. The van der Waals surface area contributed by atoms with Gasteiger partial charge in [0.2, 0.25) is 10.6 Å². The number of H-pyrrole nitrogens is 1. The lowest BCUT2D eigenvalue weighted by atomic mass is 9.98. The van der Waals surface area contributed by atoms with E-state index < -0.39 is 11.9 Å². The third kappa shape index (κ3) is 4.76. The Labute approximate surface area is 218 Å². The molecule has 1 aliphatic carbocycles. The molecule has 2 N–H and O–H groups in total. The molecule has 0 bridgehead atoms. The minimum absolute atomic E-state index is 0.0334. The topological polar surface area (TPSA) is 139 Å². The highest BCUT2D eigenvalue weighted by molar-refractivity contribution is 7.09. The van der Waals surface area contributed by atoms with Crippen molar-refractivity contribution in [1.29, 1.82) is 0 Å². The van der Waals surface area contributed by atoms with Crippen LogP contribution in [0, 0.1) is 0 Å². The number of nitrogens with one attached hydrogen (secondary N) is 1. The Morgan fingerprint density at radius 1 is 1.05 bits per heavy atom. The molecule has 1 amide bonds. The Hall–Kier alpha value is -4.29. The van der Waals surface area contributed by atoms with Crippen LogP contribution < -0.4 is 4.80 Å². The predicted molar refractivity (Wildman–Crippen MR) is 137 cm³/mol. The van der Waals surface area contributed by atoms with Gasteiger partial charge in [0.15, 0.2) is 0 Å². The van der Waals surface area contributed by atoms with Gasteiger partial charge in [-0.3, -0.25) is 4.79 Å². The lowest BCUT2D eigenvalue weighted by molar-refractivity contribution is 0.0692. The van der Waals surface area contributed by atoms with Crippen LogP contribution in [-0.2, 0) is 6.54 Å². The fraction of sp³-hybridized carbons (Fsp3) is 0.160. The normalized spacial score (nSPS) is 13.7. The van der Waals surface area contributed by atoms with Gasteiger partial charge in [0.25, 0.3) is 5.91 Å². The van der Waals surface area contributed by atoms with Crippen LogP contribution in [0.1, 0.15) is 50.0 Å². The first-order valence-electron chi connectivity index (χ1n) is 11.5. The molecule has 1 aliphatic rings. The number of carbonyl (C=O) groups is 2. The van der Waals surface area contributed by atoms with Crippen LogP contribution >= 0.6 is 22.7 Å². The molecule has 0 saturated heterocycles. The van der Waals surface area contributed by atoms with Crippen molar-refractivity contribution < 1.29 is 14.7 Å². The zero-order chi connectivity index (χ0) is 25.4. The van der Waals surface area contributed by atoms with Crippen molar-refractivity contribution in [3.63, 3.8) is 0 Å². The lowest BCUT2D eigenvalue weighted by Crippen LogP contribution is -2.19. The zero-order valence-electron chi connectivity index (χ0n) is 19.2. The Balaban J connectivity index is 1.30. The van der Waals surface area contributed by atoms with Crippen LogP contribution in [0.15, 0.2) is 64.3 Å². The number of aromatic amines is 1. The van der Waals surface area contributed by atoms with Crippen molar-refractivity contribution in [2.45, 2.75) is 25.3 Å². The summed E-state index contributed by atoms with van der Waals surface area (Å²) >= 11 is 2.55. The van der Waals surface area contributed by atoms with Gasteiger partial charge >= 0.3 is 5.97 Å². The highest BCUT2D eigenvalue weighted by Gasteiger charge is 2.28. The van der Waals surface area contributed by atoms with Crippen molar-refractivity contribution in [2.75, 3.05) is 0 Å². The Morgan fingerprint density at radius 3 is 2.51 bits per heavy atom. The molecule has 1 fully saturated rings. The number of carbonyl (C=O) groups excluding carboxylic acids is 1. The molecule has 0 radical (unpaired) electrons.